The Bertz CT molecular complexity index is 1770. The first-order chi connectivity index (χ1) is 19.1. The van der Waals surface area contributed by atoms with E-state index in [0.717, 1.165) is 33.1 Å². The number of hydrogen-bond acceptors (Lipinski definition) is 5. The van der Waals surface area contributed by atoms with Crippen LogP contribution in [0.1, 0.15) is 17.5 Å². The van der Waals surface area contributed by atoms with Gasteiger partial charge in [0.05, 0.1) is 22.7 Å². The molecule has 0 unspecified atom stereocenters. The Hall–Kier alpha value is -4.95. The number of aliphatic carboxylic acids is 1. The maximum Gasteiger partial charge on any atom is 0.490 e. The minimum absolute atomic E-state index is 0.108. The Morgan fingerprint density at radius 2 is 1.62 bits per heavy atom. The third-order valence-corrected chi connectivity index (χ3v) is 6.16. The number of aryl methyl sites for hydroxylation is 1. The Labute approximate surface area is 226 Å². The number of benzene rings is 3. The second-order valence-electron chi connectivity index (χ2n) is 8.85. The largest absolute Gasteiger partial charge is 0.490 e. The highest BCUT2D eigenvalue weighted by Crippen LogP contribution is 2.29. The molecule has 0 spiro atoms. The number of carboxylic acids is 1. The van der Waals surface area contributed by atoms with Gasteiger partial charge in [-0.3, -0.25) is 4.79 Å². The zero-order valence-corrected chi connectivity index (χ0v) is 21.1. The first kappa shape index (κ1) is 28.1. The number of para-hydroxylation sites is 3. The van der Waals surface area contributed by atoms with Gasteiger partial charge in [0.15, 0.2) is 0 Å². The van der Waals surface area contributed by atoms with Gasteiger partial charge in [-0.2, -0.15) is 18.4 Å². The maximum atomic E-state index is 13.6. The van der Waals surface area contributed by atoms with Crippen LogP contribution < -0.4 is 11.3 Å². The highest BCUT2D eigenvalue weighted by molar-refractivity contribution is 5.96. The molecule has 0 amide bonds. The molecule has 0 saturated carbocycles. The summed E-state index contributed by atoms with van der Waals surface area (Å²) in [5.41, 5.74) is 11.2. The summed E-state index contributed by atoms with van der Waals surface area (Å²) in [4.78, 5) is 27.3. The molecule has 5 rings (SSSR count). The van der Waals surface area contributed by atoms with E-state index in [9.17, 15) is 18.0 Å². The second kappa shape index (κ2) is 11.8. The maximum absolute atomic E-state index is 13.6. The van der Waals surface area contributed by atoms with Crippen LogP contribution in [-0.4, -0.2) is 37.9 Å². The zero-order valence-electron chi connectivity index (χ0n) is 21.1. The van der Waals surface area contributed by atoms with Crippen LogP contribution in [0.2, 0.25) is 0 Å². The normalized spacial score (nSPS) is 11.2. The standard InChI is InChI=1S/C27H23N5O.C2HF3O2/c28-14-5-15-32-25-9-4-2-7-23(25)30-26(27(32)33)22-18-31(24-8-3-1-6-21(22)24)17-20-12-10-19(16-29)11-13-20;3-2(4,5)1(6)7/h1-4,6-13,18H,5,14-15,17,28H2;(H,6,7). The predicted molar refractivity (Wildman–Crippen MR) is 145 cm³/mol. The number of carboxylic acid groups (broad SMARTS) is 1. The highest BCUT2D eigenvalue weighted by atomic mass is 19.4. The van der Waals surface area contributed by atoms with Gasteiger partial charge in [0.1, 0.15) is 5.69 Å². The van der Waals surface area contributed by atoms with Crippen molar-refractivity contribution in [3.05, 3.63) is 100 Å². The van der Waals surface area contributed by atoms with Crippen molar-refractivity contribution >= 4 is 27.9 Å². The van der Waals surface area contributed by atoms with Gasteiger partial charge in [-0.1, -0.05) is 42.5 Å². The summed E-state index contributed by atoms with van der Waals surface area (Å²) in [5, 5.41) is 17.2. The molecule has 0 radical (unpaired) electrons. The van der Waals surface area contributed by atoms with Crippen LogP contribution in [0, 0.1) is 11.3 Å². The number of nitriles is 1. The van der Waals surface area contributed by atoms with Gasteiger partial charge in [-0.15, -0.1) is 0 Å². The van der Waals surface area contributed by atoms with Crippen LogP contribution in [-0.2, 0) is 17.9 Å². The fourth-order valence-corrected chi connectivity index (χ4v) is 4.29. The van der Waals surface area contributed by atoms with E-state index in [4.69, 9.17) is 25.9 Å². The lowest BCUT2D eigenvalue weighted by Gasteiger charge is -2.11. The minimum Gasteiger partial charge on any atom is -0.475 e. The van der Waals surface area contributed by atoms with Crippen molar-refractivity contribution in [1.29, 1.82) is 5.26 Å². The molecule has 8 nitrogen and oxygen atoms in total. The molecular weight excluding hydrogens is 523 g/mol. The number of rotatable bonds is 6. The van der Waals surface area contributed by atoms with Gasteiger partial charge in [0.25, 0.3) is 5.56 Å². The lowest BCUT2D eigenvalue weighted by Crippen LogP contribution is -2.24. The van der Waals surface area contributed by atoms with Gasteiger partial charge < -0.3 is 20.0 Å². The van der Waals surface area contributed by atoms with Crippen molar-refractivity contribution in [1.82, 2.24) is 14.1 Å². The molecule has 0 aliphatic rings. The molecule has 0 atom stereocenters. The molecular formula is C29H24F3N5O3. The summed E-state index contributed by atoms with van der Waals surface area (Å²) >= 11 is 0. The van der Waals surface area contributed by atoms with Crippen LogP contribution in [0.5, 0.6) is 0 Å². The Kier molecular flexibility index (Phi) is 8.31. The Morgan fingerprint density at radius 1 is 1.00 bits per heavy atom. The second-order valence-corrected chi connectivity index (χ2v) is 8.85. The van der Waals surface area contributed by atoms with Gasteiger partial charge in [-0.05, 0) is 48.9 Å². The van der Waals surface area contributed by atoms with Crippen LogP contribution >= 0.6 is 0 Å². The molecule has 0 bridgehead atoms. The van der Waals surface area contributed by atoms with Crippen LogP contribution in [0.4, 0.5) is 13.2 Å². The third-order valence-electron chi connectivity index (χ3n) is 6.16. The summed E-state index contributed by atoms with van der Waals surface area (Å²) in [7, 11) is 0. The highest BCUT2D eigenvalue weighted by Gasteiger charge is 2.38. The van der Waals surface area contributed by atoms with Gasteiger partial charge in [-0.25, -0.2) is 9.78 Å². The van der Waals surface area contributed by atoms with Crippen LogP contribution in [0.3, 0.4) is 0 Å². The topological polar surface area (TPSA) is 127 Å². The van der Waals surface area contributed by atoms with E-state index in [1.54, 1.807) is 4.57 Å². The summed E-state index contributed by atoms with van der Waals surface area (Å²) in [6, 6.07) is 25.5. The monoisotopic (exact) mass is 547 g/mol. The van der Waals surface area contributed by atoms with Crippen molar-refractivity contribution < 1.29 is 23.1 Å². The molecule has 40 heavy (non-hydrogen) atoms. The SMILES string of the molecule is N#Cc1ccc(Cn2cc(-c3nc4ccccc4n(CCCN)c3=O)c3ccccc32)cc1.O=C(O)C(F)(F)F. The van der Waals surface area contributed by atoms with Crippen molar-refractivity contribution in [2.24, 2.45) is 5.73 Å². The van der Waals surface area contributed by atoms with E-state index in [1.807, 2.05) is 72.9 Å². The fourth-order valence-electron chi connectivity index (χ4n) is 4.29. The van der Waals surface area contributed by atoms with E-state index in [2.05, 4.69) is 16.7 Å². The Morgan fingerprint density at radius 3 is 2.25 bits per heavy atom. The van der Waals surface area contributed by atoms with Crippen molar-refractivity contribution in [2.75, 3.05) is 6.54 Å². The first-order valence-electron chi connectivity index (χ1n) is 12.2. The Balaban J connectivity index is 0.000000470. The molecule has 2 heterocycles. The number of fused-ring (bicyclic) bond motifs is 2. The summed E-state index contributed by atoms with van der Waals surface area (Å²) in [6.45, 7) is 1.69. The smallest absolute Gasteiger partial charge is 0.475 e. The van der Waals surface area contributed by atoms with Crippen LogP contribution in [0.15, 0.2) is 83.8 Å². The molecule has 11 heteroatoms. The van der Waals surface area contributed by atoms with Gasteiger partial charge >= 0.3 is 12.1 Å². The van der Waals surface area contributed by atoms with E-state index >= 15 is 0 Å². The summed E-state index contributed by atoms with van der Waals surface area (Å²) in [5.74, 6) is -2.76. The summed E-state index contributed by atoms with van der Waals surface area (Å²) < 4.78 is 35.7. The molecule has 3 aromatic carbocycles. The lowest BCUT2D eigenvalue weighted by atomic mass is 10.1. The first-order valence-corrected chi connectivity index (χ1v) is 12.2. The third kappa shape index (κ3) is 6.03. The van der Waals surface area contributed by atoms with Gasteiger partial charge in [0, 0.05) is 35.8 Å². The number of nitrogens with two attached hydrogens (primary N) is 1. The van der Waals surface area contributed by atoms with E-state index in [0.29, 0.717) is 37.3 Å². The number of halogens is 3. The van der Waals surface area contributed by atoms with E-state index < -0.39 is 12.1 Å². The number of aromatic nitrogens is 3. The number of carbonyl (C=O) groups is 1. The summed E-state index contributed by atoms with van der Waals surface area (Å²) in [6.07, 6.45) is -2.36. The van der Waals surface area contributed by atoms with Crippen molar-refractivity contribution in [2.45, 2.75) is 25.7 Å². The molecule has 3 N–H and O–H groups in total. The number of alkyl halides is 3. The van der Waals surface area contributed by atoms with Crippen LogP contribution in [0.25, 0.3) is 33.2 Å². The van der Waals surface area contributed by atoms with Gasteiger partial charge in [0.2, 0.25) is 0 Å². The number of nitrogens with zero attached hydrogens (tertiary/aromatic N) is 4. The average Bonchev–Trinajstić information content (AvgIpc) is 3.30. The molecule has 0 saturated heterocycles. The van der Waals surface area contributed by atoms with Crippen molar-refractivity contribution in [3.63, 3.8) is 0 Å². The lowest BCUT2D eigenvalue weighted by molar-refractivity contribution is -0.192. The molecule has 2 aromatic heterocycles. The average molecular weight is 548 g/mol. The number of hydrogen-bond donors (Lipinski definition) is 2. The quantitative estimate of drug-likeness (QED) is 0.311. The van der Waals surface area contributed by atoms with Crippen molar-refractivity contribution in [3.8, 4) is 17.3 Å². The van der Waals surface area contributed by atoms with E-state index in [1.165, 1.54) is 0 Å². The molecule has 0 aliphatic heterocycles. The predicted octanol–water partition coefficient (Wildman–Crippen LogP) is 4.92. The molecule has 5 aromatic rings. The zero-order chi connectivity index (χ0) is 28.9. The molecule has 204 valence electrons. The van der Waals surface area contributed by atoms with E-state index in [-0.39, 0.29) is 5.56 Å². The molecule has 0 fully saturated rings. The minimum atomic E-state index is -5.08. The fraction of sp³-hybridized carbons (Fsp3) is 0.172. The molecule has 0 aliphatic carbocycles.